The van der Waals surface area contributed by atoms with Gasteiger partial charge in [0.25, 0.3) is 0 Å². The van der Waals surface area contributed by atoms with Crippen LogP contribution in [0, 0.1) is 0 Å². The smallest absolute Gasteiger partial charge is 0.317 e. The van der Waals surface area contributed by atoms with E-state index >= 15 is 0 Å². The van der Waals surface area contributed by atoms with Crippen LogP contribution in [-0.4, -0.2) is 77.2 Å². The second-order valence-electron chi connectivity index (χ2n) is 5.37. The lowest BCUT2D eigenvalue weighted by Crippen LogP contribution is -2.47. The Morgan fingerprint density at radius 1 is 1.20 bits per heavy atom. The first-order valence-corrected chi connectivity index (χ1v) is 8.38. The van der Waals surface area contributed by atoms with Crippen molar-refractivity contribution >= 4 is 23.8 Å². The van der Waals surface area contributed by atoms with E-state index in [0.717, 1.165) is 25.1 Å². The van der Waals surface area contributed by atoms with Gasteiger partial charge >= 0.3 is 12.0 Å². The number of carbonyl (C=O) groups excluding carboxylic acids is 1. The number of aliphatic carboxylic acids is 1. The lowest BCUT2D eigenvalue weighted by atomic mass is 10.2. The number of nitrogens with one attached hydrogen (secondary N) is 1. The Labute approximate surface area is 123 Å². The van der Waals surface area contributed by atoms with Gasteiger partial charge in [-0.05, 0) is 25.0 Å². The predicted octanol–water partition coefficient (Wildman–Crippen LogP) is 0.684. The van der Waals surface area contributed by atoms with Crippen LogP contribution in [0.25, 0.3) is 0 Å². The van der Waals surface area contributed by atoms with E-state index in [1.54, 1.807) is 0 Å². The van der Waals surface area contributed by atoms with Crippen LogP contribution in [0.4, 0.5) is 4.79 Å². The van der Waals surface area contributed by atoms with Crippen LogP contribution in [0.15, 0.2) is 0 Å². The predicted molar refractivity (Wildman–Crippen MR) is 79.1 cm³/mol. The number of hydrogen-bond donors (Lipinski definition) is 2. The summed E-state index contributed by atoms with van der Waals surface area (Å²) in [5, 5.41) is 11.9. The molecule has 0 saturated carbocycles. The number of urea groups is 1. The summed E-state index contributed by atoms with van der Waals surface area (Å²) in [5.74, 6) is 1.40. The average molecular weight is 301 g/mol. The van der Waals surface area contributed by atoms with Crippen LogP contribution in [-0.2, 0) is 4.79 Å². The molecule has 2 aliphatic rings. The van der Waals surface area contributed by atoms with E-state index < -0.39 is 5.97 Å². The van der Waals surface area contributed by atoms with E-state index in [2.05, 4.69) is 5.32 Å². The topological polar surface area (TPSA) is 72.9 Å². The van der Waals surface area contributed by atoms with E-state index in [0.29, 0.717) is 25.7 Å². The van der Waals surface area contributed by atoms with Crippen LogP contribution < -0.4 is 5.32 Å². The number of amides is 2. The van der Waals surface area contributed by atoms with Gasteiger partial charge in [0.15, 0.2) is 0 Å². The minimum atomic E-state index is -0.804. The second kappa shape index (κ2) is 7.73. The Morgan fingerprint density at radius 3 is 2.75 bits per heavy atom. The fraction of sp³-hybridized carbons (Fsp3) is 0.846. The number of nitrogens with zero attached hydrogens (tertiary/aromatic N) is 2. The van der Waals surface area contributed by atoms with Crippen molar-refractivity contribution in [3.63, 3.8) is 0 Å². The van der Waals surface area contributed by atoms with Crippen molar-refractivity contribution in [1.82, 2.24) is 15.1 Å². The molecule has 0 aromatic carbocycles. The summed E-state index contributed by atoms with van der Waals surface area (Å²) in [6.07, 6.45) is 3.07. The normalized spacial score (nSPS) is 25.0. The first kappa shape index (κ1) is 15.4. The maximum Gasteiger partial charge on any atom is 0.317 e. The molecule has 20 heavy (non-hydrogen) atoms. The molecule has 114 valence electrons. The van der Waals surface area contributed by atoms with E-state index in [-0.39, 0.29) is 12.6 Å². The van der Waals surface area contributed by atoms with E-state index in [1.165, 1.54) is 12.2 Å². The second-order valence-corrected chi connectivity index (χ2v) is 6.52. The molecule has 2 saturated heterocycles. The Bertz CT molecular complexity index is 348. The summed E-state index contributed by atoms with van der Waals surface area (Å²) < 4.78 is 0. The SMILES string of the molecule is O=C(O)CN1CCCN(C(=O)NC2CCCSC2)CC1. The number of rotatable bonds is 3. The van der Waals surface area contributed by atoms with Gasteiger partial charge in [0.1, 0.15) is 0 Å². The van der Waals surface area contributed by atoms with Crippen LogP contribution >= 0.6 is 11.8 Å². The molecule has 2 amide bonds. The standard InChI is InChI=1S/C13H23N3O3S/c17-12(18)9-15-4-2-5-16(7-6-15)13(19)14-11-3-1-8-20-10-11/h11H,1-10H2,(H,14,19)(H,17,18). The van der Waals surface area contributed by atoms with Crippen LogP contribution in [0.5, 0.6) is 0 Å². The molecule has 0 aromatic heterocycles. The molecule has 2 fully saturated rings. The highest BCUT2D eigenvalue weighted by atomic mass is 32.2. The number of carboxylic acids is 1. The summed E-state index contributed by atoms with van der Waals surface area (Å²) >= 11 is 1.90. The third kappa shape index (κ3) is 4.86. The molecule has 0 aliphatic carbocycles. The highest BCUT2D eigenvalue weighted by Crippen LogP contribution is 2.17. The van der Waals surface area contributed by atoms with Crippen molar-refractivity contribution in [2.45, 2.75) is 25.3 Å². The molecule has 1 unspecified atom stereocenters. The van der Waals surface area contributed by atoms with Crippen molar-refractivity contribution < 1.29 is 14.7 Å². The average Bonchev–Trinajstić information content (AvgIpc) is 2.65. The van der Waals surface area contributed by atoms with E-state index in [4.69, 9.17) is 5.11 Å². The number of carbonyl (C=O) groups is 2. The van der Waals surface area contributed by atoms with Crippen molar-refractivity contribution in [3.05, 3.63) is 0 Å². The number of hydrogen-bond acceptors (Lipinski definition) is 4. The molecule has 7 heteroatoms. The molecule has 2 rings (SSSR count). The van der Waals surface area contributed by atoms with Crippen molar-refractivity contribution in [3.8, 4) is 0 Å². The molecular weight excluding hydrogens is 278 g/mol. The van der Waals surface area contributed by atoms with Gasteiger partial charge in [-0.15, -0.1) is 0 Å². The zero-order valence-corrected chi connectivity index (χ0v) is 12.5. The first-order chi connectivity index (χ1) is 9.65. The summed E-state index contributed by atoms with van der Waals surface area (Å²) in [5.41, 5.74) is 0. The number of carboxylic acid groups (broad SMARTS) is 1. The van der Waals surface area contributed by atoms with Gasteiger partial charge in [0.05, 0.1) is 6.54 Å². The van der Waals surface area contributed by atoms with Gasteiger partial charge < -0.3 is 15.3 Å². The zero-order chi connectivity index (χ0) is 14.4. The summed E-state index contributed by atoms with van der Waals surface area (Å²) in [6.45, 7) is 2.77. The Hall–Kier alpha value is -0.950. The Kier molecular flexibility index (Phi) is 5.97. The van der Waals surface area contributed by atoms with Crippen molar-refractivity contribution in [1.29, 1.82) is 0 Å². The maximum absolute atomic E-state index is 12.2. The third-order valence-corrected chi connectivity index (χ3v) is 4.94. The minimum absolute atomic E-state index is 0.00896. The molecule has 1 atom stereocenters. The summed E-state index contributed by atoms with van der Waals surface area (Å²) in [6, 6.07) is 0.300. The highest BCUT2D eigenvalue weighted by molar-refractivity contribution is 7.99. The molecule has 2 N–H and O–H groups in total. The van der Waals surface area contributed by atoms with Crippen LogP contribution in [0.2, 0.25) is 0 Å². The molecule has 2 heterocycles. The maximum atomic E-state index is 12.2. The van der Waals surface area contributed by atoms with Gasteiger partial charge in [0.2, 0.25) is 0 Å². The molecule has 0 aromatic rings. The molecule has 0 spiro atoms. The monoisotopic (exact) mass is 301 g/mol. The largest absolute Gasteiger partial charge is 0.480 e. The third-order valence-electron chi connectivity index (χ3n) is 3.72. The quantitative estimate of drug-likeness (QED) is 0.802. The molecule has 2 aliphatic heterocycles. The van der Waals surface area contributed by atoms with Crippen molar-refractivity contribution in [2.24, 2.45) is 0 Å². The summed E-state index contributed by atoms with van der Waals surface area (Å²) in [7, 11) is 0. The molecule has 0 bridgehead atoms. The Morgan fingerprint density at radius 2 is 2.05 bits per heavy atom. The van der Waals surface area contributed by atoms with Gasteiger partial charge in [-0.25, -0.2) is 4.79 Å². The zero-order valence-electron chi connectivity index (χ0n) is 11.7. The highest BCUT2D eigenvalue weighted by Gasteiger charge is 2.23. The molecule has 0 radical (unpaired) electrons. The van der Waals surface area contributed by atoms with Gasteiger partial charge in [0, 0.05) is 38.0 Å². The van der Waals surface area contributed by atoms with Crippen molar-refractivity contribution in [2.75, 3.05) is 44.2 Å². The molecular formula is C13H23N3O3S. The van der Waals surface area contributed by atoms with Gasteiger partial charge in [-0.2, -0.15) is 11.8 Å². The minimum Gasteiger partial charge on any atom is -0.480 e. The molecule has 6 nitrogen and oxygen atoms in total. The lowest BCUT2D eigenvalue weighted by molar-refractivity contribution is -0.138. The first-order valence-electron chi connectivity index (χ1n) is 7.22. The fourth-order valence-electron chi connectivity index (χ4n) is 2.64. The number of thioether (sulfide) groups is 1. The van der Waals surface area contributed by atoms with E-state index in [9.17, 15) is 9.59 Å². The fourth-order valence-corrected chi connectivity index (χ4v) is 3.72. The van der Waals surface area contributed by atoms with Crippen LogP contribution in [0.3, 0.4) is 0 Å². The van der Waals surface area contributed by atoms with E-state index in [1.807, 2.05) is 21.6 Å². The Balaban J connectivity index is 1.77. The van der Waals surface area contributed by atoms with Gasteiger partial charge in [-0.3, -0.25) is 9.69 Å². The van der Waals surface area contributed by atoms with Crippen LogP contribution in [0.1, 0.15) is 19.3 Å². The van der Waals surface area contributed by atoms with Gasteiger partial charge in [-0.1, -0.05) is 0 Å². The lowest BCUT2D eigenvalue weighted by Gasteiger charge is -2.27. The summed E-state index contributed by atoms with van der Waals surface area (Å²) in [4.78, 5) is 26.7.